The molecule has 0 saturated heterocycles. The van der Waals surface area contributed by atoms with Crippen molar-refractivity contribution in [1.82, 2.24) is 9.80 Å². The van der Waals surface area contributed by atoms with Crippen molar-refractivity contribution in [1.29, 1.82) is 0 Å². The molecule has 2 atom stereocenters. The zero-order valence-electron chi connectivity index (χ0n) is 33.7. The summed E-state index contributed by atoms with van der Waals surface area (Å²) in [6.45, 7) is 16.4. The Labute approximate surface area is 310 Å². The topological polar surface area (TPSA) is 60.9 Å². The molecule has 1 N–H and O–H groups in total. The van der Waals surface area contributed by atoms with Gasteiger partial charge in [0.05, 0.1) is 11.1 Å². The number of carbonyl (C=O) groups is 2. The van der Waals surface area contributed by atoms with E-state index in [4.69, 9.17) is 0 Å². The minimum absolute atomic E-state index is 0.0635. The average Bonchev–Trinajstić information content (AvgIpc) is 3.18. The Balaban J connectivity index is 0.00000173. The standard InChI is InChI=1S/C39H46N2O3.C3H8.2C2H6/c1-7-38(40(3)4,27-29-15-11-9-12-16-29)36(43)33-23-19-31(20-24-33)35(42)32-21-25-34(26-22-32)37(44)39(8-2,41(5)6)28-30-17-13-10-14-18-30;1-3-2;2*1-2/h9-26,35,42H,7-8,27-28H2,1-6H3;3H2,1-2H3;2*1-2H3. The lowest BCUT2D eigenvalue weighted by atomic mass is 9.79. The summed E-state index contributed by atoms with van der Waals surface area (Å²) in [6, 6.07) is 34.8. The Morgan fingerprint density at radius 2 is 0.804 bits per heavy atom. The van der Waals surface area contributed by atoms with Gasteiger partial charge >= 0.3 is 0 Å². The Morgan fingerprint density at radius 3 is 1.04 bits per heavy atom. The van der Waals surface area contributed by atoms with Crippen molar-refractivity contribution >= 4 is 11.6 Å². The third-order valence-corrected chi connectivity index (χ3v) is 9.38. The minimum atomic E-state index is -0.883. The summed E-state index contributed by atoms with van der Waals surface area (Å²) in [5.74, 6) is 0.127. The number of aliphatic hydroxyl groups is 1. The highest BCUT2D eigenvalue weighted by Crippen LogP contribution is 2.31. The number of nitrogens with zero attached hydrogens (tertiary/aromatic N) is 2. The van der Waals surface area contributed by atoms with Gasteiger partial charge in [-0.25, -0.2) is 0 Å². The third kappa shape index (κ3) is 11.6. The molecule has 2 unspecified atom stereocenters. The molecule has 0 radical (unpaired) electrons. The molecule has 0 spiro atoms. The SMILES string of the molecule is CC.CC.CCC.CCC(Cc1ccccc1)(C(=O)c1ccc(C(O)c2ccc(C(=O)C(CC)(Cc3ccccc3)N(C)C)cc2)cc1)N(C)C. The predicted octanol–water partition coefficient (Wildman–Crippen LogP) is 10.5. The summed E-state index contributed by atoms with van der Waals surface area (Å²) < 4.78 is 0. The lowest BCUT2D eigenvalue weighted by molar-refractivity contribution is 0.0661. The first-order valence-electron chi connectivity index (χ1n) is 18.9. The number of hydrogen-bond donors (Lipinski definition) is 1. The van der Waals surface area contributed by atoms with Gasteiger partial charge in [0, 0.05) is 11.1 Å². The van der Waals surface area contributed by atoms with Crippen LogP contribution < -0.4 is 0 Å². The van der Waals surface area contributed by atoms with Crippen molar-refractivity contribution in [3.05, 3.63) is 143 Å². The molecular formula is C46H66N2O3. The highest BCUT2D eigenvalue weighted by atomic mass is 16.3. The van der Waals surface area contributed by atoms with Gasteiger partial charge in [0.1, 0.15) is 6.10 Å². The van der Waals surface area contributed by atoms with Crippen LogP contribution in [0.5, 0.6) is 0 Å². The van der Waals surface area contributed by atoms with E-state index in [1.165, 1.54) is 6.42 Å². The van der Waals surface area contributed by atoms with Crippen molar-refractivity contribution in [2.45, 2.75) is 105 Å². The summed E-state index contributed by atoms with van der Waals surface area (Å²) in [4.78, 5) is 31.9. The van der Waals surface area contributed by atoms with Crippen LogP contribution in [0.3, 0.4) is 0 Å². The molecule has 0 saturated carbocycles. The molecule has 0 aliphatic rings. The zero-order chi connectivity index (χ0) is 38.6. The normalized spacial score (nSPS) is 13.5. The highest BCUT2D eigenvalue weighted by Gasteiger charge is 2.40. The maximum Gasteiger partial charge on any atom is 0.183 e. The molecule has 0 fully saturated rings. The number of aliphatic hydroxyl groups excluding tert-OH is 1. The van der Waals surface area contributed by atoms with E-state index in [1.807, 2.05) is 151 Å². The highest BCUT2D eigenvalue weighted by molar-refractivity contribution is 6.04. The molecule has 0 bridgehead atoms. The fourth-order valence-corrected chi connectivity index (χ4v) is 6.32. The van der Waals surface area contributed by atoms with E-state index >= 15 is 0 Å². The summed E-state index contributed by atoms with van der Waals surface area (Å²) in [6.07, 6.45) is 2.93. The van der Waals surface area contributed by atoms with E-state index in [1.54, 1.807) is 0 Å². The first-order chi connectivity index (χ1) is 24.5. The monoisotopic (exact) mass is 695 g/mol. The van der Waals surface area contributed by atoms with Gasteiger partial charge in [-0.2, -0.15) is 0 Å². The van der Waals surface area contributed by atoms with E-state index in [0.717, 1.165) is 11.1 Å². The molecule has 0 aliphatic heterocycles. The number of Topliss-reactive ketones (excluding diaryl/α,β-unsaturated/α-hetero) is 2. The predicted molar refractivity (Wildman–Crippen MR) is 218 cm³/mol. The maximum atomic E-state index is 13.9. The minimum Gasteiger partial charge on any atom is -0.384 e. The number of carbonyl (C=O) groups excluding carboxylic acids is 2. The molecule has 4 aromatic carbocycles. The molecule has 4 aromatic rings. The second kappa shape index (κ2) is 22.8. The summed E-state index contributed by atoms with van der Waals surface area (Å²) in [5, 5.41) is 11.2. The van der Waals surface area contributed by atoms with Crippen molar-refractivity contribution in [2.24, 2.45) is 0 Å². The number of hydrogen-bond acceptors (Lipinski definition) is 5. The van der Waals surface area contributed by atoms with Crippen LogP contribution in [0.1, 0.15) is 124 Å². The smallest absolute Gasteiger partial charge is 0.183 e. The van der Waals surface area contributed by atoms with Gasteiger partial charge < -0.3 is 5.11 Å². The van der Waals surface area contributed by atoms with Crippen molar-refractivity contribution in [2.75, 3.05) is 28.2 Å². The average molecular weight is 695 g/mol. The number of ketones is 2. The van der Waals surface area contributed by atoms with Crippen LogP contribution >= 0.6 is 0 Å². The summed E-state index contributed by atoms with van der Waals surface area (Å²) in [7, 11) is 7.84. The number of rotatable bonds is 14. The Hall–Kier alpha value is -3.90. The lowest BCUT2D eigenvalue weighted by Gasteiger charge is -2.38. The van der Waals surface area contributed by atoms with E-state index in [9.17, 15) is 14.7 Å². The van der Waals surface area contributed by atoms with Crippen LogP contribution in [0.4, 0.5) is 0 Å². The van der Waals surface area contributed by atoms with Gasteiger partial charge in [0.2, 0.25) is 0 Å². The second-order valence-electron chi connectivity index (χ2n) is 12.9. The molecule has 5 nitrogen and oxygen atoms in total. The van der Waals surface area contributed by atoms with Gasteiger partial charge in [-0.15, -0.1) is 0 Å². The quantitative estimate of drug-likeness (QED) is 0.133. The Morgan fingerprint density at radius 1 is 0.529 bits per heavy atom. The lowest BCUT2D eigenvalue weighted by Crippen LogP contribution is -2.52. The second-order valence-corrected chi connectivity index (χ2v) is 12.9. The number of likely N-dealkylation sites (N-methyl/N-ethyl adjacent to an activating group) is 2. The molecule has 0 aromatic heterocycles. The van der Waals surface area contributed by atoms with Gasteiger partial charge in [-0.1, -0.05) is 171 Å². The van der Waals surface area contributed by atoms with Crippen LogP contribution in [-0.4, -0.2) is 65.7 Å². The van der Waals surface area contributed by atoms with Gasteiger partial charge in [-0.05, 0) is 76.1 Å². The largest absolute Gasteiger partial charge is 0.384 e. The fourth-order valence-electron chi connectivity index (χ4n) is 6.32. The molecule has 0 amide bonds. The molecular weight excluding hydrogens is 629 g/mol. The van der Waals surface area contributed by atoms with Crippen LogP contribution in [0.25, 0.3) is 0 Å². The summed E-state index contributed by atoms with van der Waals surface area (Å²) in [5.41, 5.74) is 3.50. The van der Waals surface area contributed by atoms with Crippen LogP contribution in [0.2, 0.25) is 0 Å². The molecule has 278 valence electrons. The van der Waals surface area contributed by atoms with Crippen molar-refractivity contribution < 1.29 is 14.7 Å². The molecule has 5 heteroatoms. The molecule has 4 rings (SSSR count). The van der Waals surface area contributed by atoms with Crippen LogP contribution in [0.15, 0.2) is 109 Å². The zero-order valence-corrected chi connectivity index (χ0v) is 33.7. The Bertz CT molecular complexity index is 1420. The van der Waals surface area contributed by atoms with Crippen LogP contribution in [0, 0.1) is 0 Å². The molecule has 51 heavy (non-hydrogen) atoms. The fraction of sp³-hybridized carbons (Fsp3) is 0.435. The summed E-state index contributed by atoms with van der Waals surface area (Å²) >= 11 is 0. The van der Waals surface area contributed by atoms with E-state index in [0.29, 0.717) is 47.9 Å². The first kappa shape index (κ1) is 45.1. The van der Waals surface area contributed by atoms with E-state index in [-0.39, 0.29) is 11.6 Å². The third-order valence-electron chi connectivity index (χ3n) is 9.38. The molecule has 0 aliphatic carbocycles. The van der Waals surface area contributed by atoms with Crippen LogP contribution in [-0.2, 0) is 12.8 Å². The van der Waals surface area contributed by atoms with E-state index < -0.39 is 17.2 Å². The maximum absolute atomic E-state index is 13.9. The molecule has 0 heterocycles. The number of benzene rings is 4. The van der Waals surface area contributed by atoms with E-state index in [2.05, 4.69) is 52.0 Å². The van der Waals surface area contributed by atoms with Gasteiger partial charge in [0.15, 0.2) is 11.6 Å². The Kier molecular flexibility index (Phi) is 20.2. The first-order valence-corrected chi connectivity index (χ1v) is 18.9. The van der Waals surface area contributed by atoms with Gasteiger partial charge in [0.25, 0.3) is 0 Å². The van der Waals surface area contributed by atoms with Gasteiger partial charge in [-0.3, -0.25) is 19.4 Å². The van der Waals surface area contributed by atoms with Crippen molar-refractivity contribution in [3.8, 4) is 0 Å². The van der Waals surface area contributed by atoms with Crippen molar-refractivity contribution in [3.63, 3.8) is 0 Å².